The second-order valence-corrected chi connectivity index (χ2v) is 8.23. The molecule has 174 valence electrons. The number of esters is 1. The molecule has 0 aliphatic rings. The molecule has 0 saturated carbocycles. The Labute approximate surface area is 193 Å². The standard InChI is InChI=1S/C27H38N2O3/c1-4-5-6-7-8-12-19-31-26-20-28-27(29-21-26)25-17-15-24(16-18-25)14-11-9-10-13-22(2)32-23(3)30/h11,14-18,20-22H,4-10,12-13,19H2,1-3H3. The fourth-order valence-electron chi connectivity index (χ4n) is 3.44. The highest BCUT2D eigenvalue weighted by Crippen LogP contribution is 2.18. The van der Waals surface area contributed by atoms with Crippen LogP contribution in [0.3, 0.4) is 0 Å². The summed E-state index contributed by atoms with van der Waals surface area (Å²) in [6, 6.07) is 8.21. The summed E-state index contributed by atoms with van der Waals surface area (Å²) >= 11 is 0. The van der Waals surface area contributed by atoms with Gasteiger partial charge in [0.1, 0.15) is 0 Å². The van der Waals surface area contributed by atoms with E-state index in [1.165, 1.54) is 39.0 Å². The molecule has 0 N–H and O–H groups in total. The molecule has 0 aliphatic carbocycles. The van der Waals surface area contributed by atoms with Gasteiger partial charge in [0.05, 0.1) is 25.1 Å². The number of unbranched alkanes of at least 4 members (excludes halogenated alkanes) is 6. The minimum absolute atomic E-state index is 0.0208. The lowest BCUT2D eigenvalue weighted by Crippen LogP contribution is -2.11. The third kappa shape index (κ3) is 10.6. The number of carbonyl (C=O) groups is 1. The van der Waals surface area contributed by atoms with Gasteiger partial charge >= 0.3 is 5.97 Å². The van der Waals surface area contributed by atoms with E-state index in [0.717, 1.165) is 49.2 Å². The van der Waals surface area contributed by atoms with E-state index in [0.29, 0.717) is 5.82 Å². The van der Waals surface area contributed by atoms with Crippen LogP contribution in [0.2, 0.25) is 0 Å². The third-order valence-electron chi connectivity index (χ3n) is 5.22. The highest BCUT2D eigenvalue weighted by molar-refractivity contribution is 5.66. The van der Waals surface area contributed by atoms with Gasteiger partial charge in [0.2, 0.25) is 0 Å². The summed E-state index contributed by atoms with van der Waals surface area (Å²) in [4.78, 5) is 19.8. The fraction of sp³-hybridized carbons (Fsp3) is 0.519. The molecule has 0 amide bonds. The first kappa shape index (κ1) is 25.6. The van der Waals surface area contributed by atoms with Crippen LogP contribution >= 0.6 is 0 Å². The van der Waals surface area contributed by atoms with Gasteiger partial charge in [0.15, 0.2) is 11.6 Å². The number of ether oxygens (including phenoxy) is 2. The van der Waals surface area contributed by atoms with Gasteiger partial charge in [-0.25, -0.2) is 9.97 Å². The Morgan fingerprint density at radius 3 is 2.38 bits per heavy atom. The van der Waals surface area contributed by atoms with Crippen LogP contribution in [0, 0.1) is 0 Å². The molecule has 32 heavy (non-hydrogen) atoms. The molecular weight excluding hydrogens is 400 g/mol. The molecule has 0 fully saturated rings. The summed E-state index contributed by atoms with van der Waals surface area (Å²) in [5, 5.41) is 0. The van der Waals surface area contributed by atoms with Crippen molar-refractivity contribution in [1.82, 2.24) is 9.97 Å². The van der Waals surface area contributed by atoms with Crippen LogP contribution in [-0.2, 0) is 9.53 Å². The number of aromatic nitrogens is 2. The van der Waals surface area contributed by atoms with Gasteiger partial charge in [-0.15, -0.1) is 0 Å². The van der Waals surface area contributed by atoms with Crippen molar-refractivity contribution < 1.29 is 14.3 Å². The van der Waals surface area contributed by atoms with E-state index in [-0.39, 0.29) is 12.1 Å². The molecule has 2 rings (SSSR count). The summed E-state index contributed by atoms with van der Waals surface area (Å²) < 4.78 is 10.9. The van der Waals surface area contributed by atoms with E-state index in [4.69, 9.17) is 9.47 Å². The first-order valence-corrected chi connectivity index (χ1v) is 12.0. The summed E-state index contributed by atoms with van der Waals surface area (Å²) in [5.74, 6) is 1.21. The van der Waals surface area contributed by atoms with Crippen LogP contribution in [0.25, 0.3) is 17.5 Å². The van der Waals surface area contributed by atoms with Crippen molar-refractivity contribution in [2.24, 2.45) is 0 Å². The Morgan fingerprint density at radius 2 is 1.69 bits per heavy atom. The van der Waals surface area contributed by atoms with E-state index in [2.05, 4.69) is 41.2 Å². The number of nitrogens with zero attached hydrogens (tertiary/aromatic N) is 2. The molecule has 1 aromatic heterocycles. The Morgan fingerprint density at radius 1 is 1.00 bits per heavy atom. The SMILES string of the molecule is CCCCCCCCOc1cnc(-c2ccc(C=CCCCC(C)OC(C)=O)cc2)nc1. The monoisotopic (exact) mass is 438 g/mol. The first-order chi connectivity index (χ1) is 15.6. The van der Waals surface area contributed by atoms with Crippen molar-refractivity contribution in [3.8, 4) is 17.1 Å². The first-order valence-electron chi connectivity index (χ1n) is 12.0. The predicted molar refractivity (Wildman–Crippen MR) is 130 cm³/mol. The predicted octanol–water partition coefficient (Wildman–Crippen LogP) is 7.02. The maximum atomic E-state index is 10.9. The van der Waals surface area contributed by atoms with E-state index in [1.807, 2.05) is 19.1 Å². The number of benzene rings is 1. The molecule has 0 bridgehead atoms. The van der Waals surface area contributed by atoms with Crippen molar-refractivity contribution >= 4 is 12.0 Å². The molecule has 5 nitrogen and oxygen atoms in total. The summed E-state index contributed by atoms with van der Waals surface area (Å²) in [7, 11) is 0. The Kier molecular flexibility index (Phi) is 12.1. The fourth-order valence-corrected chi connectivity index (χ4v) is 3.44. The molecular formula is C27H38N2O3. The molecule has 1 unspecified atom stereocenters. The van der Waals surface area contributed by atoms with Gasteiger partial charge in [0, 0.05) is 12.5 Å². The van der Waals surface area contributed by atoms with Crippen molar-refractivity contribution in [2.75, 3.05) is 6.61 Å². The van der Waals surface area contributed by atoms with E-state index < -0.39 is 0 Å². The molecule has 0 saturated heterocycles. The Balaban J connectivity index is 1.71. The number of carbonyl (C=O) groups excluding carboxylic acids is 1. The maximum absolute atomic E-state index is 10.9. The topological polar surface area (TPSA) is 61.3 Å². The Hall–Kier alpha value is -2.69. The zero-order valence-corrected chi connectivity index (χ0v) is 19.9. The Bertz CT molecular complexity index is 801. The normalized spacial score (nSPS) is 12.1. The summed E-state index contributed by atoms with van der Waals surface area (Å²) in [5.41, 5.74) is 2.13. The van der Waals surface area contributed by atoms with Crippen molar-refractivity contribution in [3.05, 3.63) is 48.3 Å². The molecule has 1 atom stereocenters. The summed E-state index contributed by atoms with van der Waals surface area (Å²) in [6.45, 7) is 6.34. The van der Waals surface area contributed by atoms with Crippen molar-refractivity contribution in [1.29, 1.82) is 0 Å². The van der Waals surface area contributed by atoms with Gasteiger partial charge in [-0.05, 0) is 38.2 Å². The van der Waals surface area contributed by atoms with Crippen LogP contribution in [0.4, 0.5) is 0 Å². The van der Waals surface area contributed by atoms with Gasteiger partial charge in [-0.1, -0.05) is 75.4 Å². The van der Waals surface area contributed by atoms with Crippen LogP contribution in [0.1, 0.15) is 84.1 Å². The van der Waals surface area contributed by atoms with E-state index in [9.17, 15) is 4.79 Å². The smallest absolute Gasteiger partial charge is 0.302 e. The molecule has 1 aromatic carbocycles. The number of hydrogen-bond donors (Lipinski definition) is 0. The van der Waals surface area contributed by atoms with Crippen LogP contribution in [0.15, 0.2) is 42.7 Å². The lowest BCUT2D eigenvalue weighted by molar-refractivity contribution is -0.145. The molecule has 2 aromatic rings. The lowest BCUT2D eigenvalue weighted by atomic mass is 10.1. The quantitative estimate of drug-likeness (QED) is 0.221. The highest BCUT2D eigenvalue weighted by Gasteiger charge is 2.04. The average Bonchev–Trinajstić information content (AvgIpc) is 2.79. The molecule has 0 radical (unpaired) electrons. The number of allylic oxidation sites excluding steroid dienone is 1. The van der Waals surface area contributed by atoms with Gasteiger partial charge in [0.25, 0.3) is 0 Å². The molecule has 0 aliphatic heterocycles. The van der Waals surface area contributed by atoms with Crippen LogP contribution in [-0.4, -0.2) is 28.6 Å². The second-order valence-electron chi connectivity index (χ2n) is 8.23. The van der Waals surface area contributed by atoms with E-state index in [1.54, 1.807) is 12.4 Å². The van der Waals surface area contributed by atoms with E-state index >= 15 is 0 Å². The largest absolute Gasteiger partial charge is 0.490 e. The van der Waals surface area contributed by atoms with Crippen molar-refractivity contribution in [2.45, 2.75) is 84.7 Å². The minimum atomic E-state index is -0.215. The average molecular weight is 439 g/mol. The van der Waals surface area contributed by atoms with Gasteiger partial charge < -0.3 is 9.47 Å². The molecule has 5 heteroatoms. The minimum Gasteiger partial charge on any atom is -0.490 e. The highest BCUT2D eigenvalue weighted by atomic mass is 16.5. The number of rotatable bonds is 15. The second kappa shape index (κ2) is 15.2. The van der Waals surface area contributed by atoms with Crippen LogP contribution < -0.4 is 4.74 Å². The van der Waals surface area contributed by atoms with Gasteiger partial charge in [-0.3, -0.25) is 4.79 Å². The maximum Gasteiger partial charge on any atom is 0.302 e. The third-order valence-corrected chi connectivity index (χ3v) is 5.22. The van der Waals surface area contributed by atoms with Gasteiger partial charge in [-0.2, -0.15) is 0 Å². The zero-order chi connectivity index (χ0) is 23.0. The van der Waals surface area contributed by atoms with Crippen molar-refractivity contribution in [3.63, 3.8) is 0 Å². The molecule has 1 heterocycles. The number of hydrogen-bond acceptors (Lipinski definition) is 5. The van der Waals surface area contributed by atoms with Crippen LogP contribution in [0.5, 0.6) is 5.75 Å². The summed E-state index contributed by atoms with van der Waals surface area (Å²) in [6.07, 6.45) is 18.1. The zero-order valence-electron chi connectivity index (χ0n) is 19.9. The lowest BCUT2D eigenvalue weighted by Gasteiger charge is -2.10. The molecule has 0 spiro atoms.